The number of carboxylic acid groups (broad SMARTS) is 1. The predicted molar refractivity (Wildman–Crippen MR) is 55.4 cm³/mol. The summed E-state index contributed by atoms with van der Waals surface area (Å²) in [5.41, 5.74) is 4.99. The Hall–Kier alpha value is -1.65. The van der Waals surface area contributed by atoms with E-state index in [2.05, 4.69) is 10.7 Å². The number of aliphatic imine (C=N–C) groups is 1. The molecule has 0 saturated carbocycles. The zero-order valence-corrected chi connectivity index (χ0v) is 8.65. The summed E-state index contributed by atoms with van der Waals surface area (Å²) in [7, 11) is 0. The lowest BCUT2D eigenvalue weighted by Gasteiger charge is -1.87. The van der Waals surface area contributed by atoms with Gasteiger partial charge >= 0.3 is 12.0 Å². The van der Waals surface area contributed by atoms with Crippen LogP contribution < -0.4 is 5.73 Å². The number of carbonyl (C=O) groups is 2. The van der Waals surface area contributed by atoms with Crippen molar-refractivity contribution in [1.29, 1.82) is 0 Å². The molecule has 0 unspecified atom stereocenters. The molecule has 0 aromatic heterocycles. The number of aliphatic carboxylic acids is 1. The van der Waals surface area contributed by atoms with Crippen molar-refractivity contribution >= 4 is 18.2 Å². The van der Waals surface area contributed by atoms with Crippen LogP contribution in [0.2, 0.25) is 0 Å². The second-order valence-corrected chi connectivity index (χ2v) is 2.33. The molecule has 80 valence electrons. The SMILES string of the molecule is CC=NC(N)=O.CCC=C(C)C(=O)O. The molecular weight excluding hydrogens is 184 g/mol. The molecule has 0 heterocycles. The van der Waals surface area contributed by atoms with Gasteiger partial charge in [-0.15, -0.1) is 0 Å². The maximum Gasteiger partial charge on any atom is 0.337 e. The Morgan fingerprint density at radius 3 is 2.07 bits per heavy atom. The lowest BCUT2D eigenvalue weighted by atomic mass is 10.2. The summed E-state index contributed by atoms with van der Waals surface area (Å²) in [4.78, 5) is 22.8. The highest BCUT2D eigenvalue weighted by Crippen LogP contribution is 1.92. The van der Waals surface area contributed by atoms with Gasteiger partial charge in [0.25, 0.3) is 0 Å². The van der Waals surface area contributed by atoms with Crippen molar-refractivity contribution in [3.8, 4) is 0 Å². The Morgan fingerprint density at radius 1 is 1.50 bits per heavy atom. The van der Waals surface area contributed by atoms with Crippen LogP contribution in [-0.4, -0.2) is 23.3 Å². The van der Waals surface area contributed by atoms with E-state index in [9.17, 15) is 9.59 Å². The second-order valence-electron chi connectivity index (χ2n) is 2.33. The van der Waals surface area contributed by atoms with Crippen LogP contribution >= 0.6 is 0 Å². The van der Waals surface area contributed by atoms with Gasteiger partial charge < -0.3 is 10.8 Å². The van der Waals surface area contributed by atoms with Crippen LogP contribution in [0.1, 0.15) is 27.2 Å². The van der Waals surface area contributed by atoms with E-state index in [1.807, 2.05) is 6.92 Å². The van der Waals surface area contributed by atoms with Crippen LogP contribution in [0.3, 0.4) is 0 Å². The summed E-state index contributed by atoms with van der Waals surface area (Å²) in [6.45, 7) is 5.13. The van der Waals surface area contributed by atoms with Crippen LogP contribution in [0.5, 0.6) is 0 Å². The third-order valence-electron chi connectivity index (χ3n) is 1.10. The molecule has 2 amide bonds. The van der Waals surface area contributed by atoms with Crippen molar-refractivity contribution in [2.24, 2.45) is 10.7 Å². The van der Waals surface area contributed by atoms with Gasteiger partial charge in [0.05, 0.1) is 0 Å². The smallest absolute Gasteiger partial charge is 0.337 e. The Balaban J connectivity index is 0. The van der Waals surface area contributed by atoms with Gasteiger partial charge in [0.1, 0.15) is 0 Å². The Labute approximate surface area is 83.3 Å². The quantitative estimate of drug-likeness (QED) is 0.523. The second kappa shape index (κ2) is 9.44. The van der Waals surface area contributed by atoms with Crippen molar-refractivity contribution in [3.05, 3.63) is 11.6 Å². The number of primary amides is 1. The number of carboxylic acids is 1. The minimum atomic E-state index is -0.827. The molecule has 5 nitrogen and oxygen atoms in total. The Morgan fingerprint density at radius 2 is 2.00 bits per heavy atom. The highest BCUT2D eigenvalue weighted by atomic mass is 16.4. The number of amides is 2. The zero-order valence-electron chi connectivity index (χ0n) is 8.65. The van der Waals surface area contributed by atoms with Gasteiger partial charge in [-0.3, -0.25) is 0 Å². The van der Waals surface area contributed by atoms with Crippen LogP contribution in [0, 0.1) is 0 Å². The van der Waals surface area contributed by atoms with E-state index in [0.29, 0.717) is 5.57 Å². The first-order valence-corrected chi connectivity index (χ1v) is 4.13. The van der Waals surface area contributed by atoms with Crippen molar-refractivity contribution in [2.45, 2.75) is 27.2 Å². The molecule has 3 N–H and O–H groups in total. The van der Waals surface area contributed by atoms with Crippen LogP contribution in [0.4, 0.5) is 4.79 Å². The number of rotatable bonds is 2. The van der Waals surface area contributed by atoms with Gasteiger partial charge in [0, 0.05) is 11.8 Å². The lowest BCUT2D eigenvalue weighted by molar-refractivity contribution is -0.132. The maximum absolute atomic E-state index is 10.0. The molecule has 5 heteroatoms. The number of hydrogen-bond acceptors (Lipinski definition) is 2. The molecule has 0 spiro atoms. The minimum Gasteiger partial charge on any atom is -0.478 e. The van der Waals surface area contributed by atoms with E-state index in [4.69, 9.17) is 5.11 Å². The van der Waals surface area contributed by atoms with E-state index < -0.39 is 12.0 Å². The fourth-order valence-corrected chi connectivity index (χ4v) is 0.521. The molecule has 0 aromatic rings. The molecule has 0 aromatic carbocycles. The zero-order chi connectivity index (χ0) is 11.6. The molecule has 0 atom stereocenters. The van der Waals surface area contributed by atoms with Crippen molar-refractivity contribution in [3.63, 3.8) is 0 Å². The predicted octanol–water partition coefficient (Wildman–Crippen LogP) is 1.58. The van der Waals surface area contributed by atoms with Crippen LogP contribution in [-0.2, 0) is 4.79 Å². The highest BCUT2D eigenvalue weighted by Gasteiger charge is 1.94. The molecule has 0 aliphatic rings. The monoisotopic (exact) mass is 200 g/mol. The summed E-state index contributed by atoms with van der Waals surface area (Å²) in [5.74, 6) is -0.827. The largest absolute Gasteiger partial charge is 0.478 e. The molecule has 0 aliphatic carbocycles. The summed E-state index contributed by atoms with van der Waals surface area (Å²) < 4.78 is 0. The fourth-order valence-electron chi connectivity index (χ4n) is 0.521. The number of allylic oxidation sites excluding steroid dienone is 1. The Kier molecular flexibility index (Phi) is 10.0. The van der Waals surface area contributed by atoms with Gasteiger partial charge in [-0.2, -0.15) is 0 Å². The third kappa shape index (κ3) is 13.0. The standard InChI is InChI=1S/C6H10O2.C3H6N2O/c1-3-4-5(2)6(7)8;1-2-5-3(4)6/h4H,3H2,1-2H3,(H,7,8);2H,1H3,(H2,4,6). The molecule has 0 rings (SSSR count). The molecule has 0 aliphatic heterocycles. The normalized spacial score (nSPS) is 10.6. The van der Waals surface area contributed by atoms with Crippen molar-refractivity contribution in [1.82, 2.24) is 0 Å². The topological polar surface area (TPSA) is 92.8 Å². The average molecular weight is 200 g/mol. The number of urea groups is 1. The fraction of sp³-hybridized carbons (Fsp3) is 0.444. The summed E-state index contributed by atoms with van der Waals surface area (Å²) in [6.07, 6.45) is 3.82. The van der Waals surface area contributed by atoms with E-state index >= 15 is 0 Å². The average Bonchev–Trinajstić information content (AvgIpc) is 2.05. The molecule has 0 bridgehead atoms. The molecule has 0 saturated heterocycles. The minimum absolute atomic E-state index is 0.424. The van der Waals surface area contributed by atoms with Gasteiger partial charge in [-0.1, -0.05) is 13.0 Å². The highest BCUT2D eigenvalue weighted by molar-refractivity contribution is 5.85. The van der Waals surface area contributed by atoms with Gasteiger partial charge in [0.15, 0.2) is 0 Å². The summed E-state index contributed by atoms with van der Waals surface area (Å²) in [6, 6.07) is -0.641. The number of hydrogen-bond donors (Lipinski definition) is 2. The molecule has 14 heavy (non-hydrogen) atoms. The maximum atomic E-state index is 10.0. The van der Waals surface area contributed by atoms with E-state index in [-0.39, 0.29) is 0 Å². The van der Waals surface area contributed by atoms with Crippen LogP contribution in [0.15, 0.2) is 16.6 Å². The first-order chi connectivity index (χ1) is 6.45. The van der Waals surface area contributed by atoms with Crippen molar-refractivity contribution < 1.29 is 14.7 Å². The van der Waals surface area contributed by atoms with E-state index in [1.54, 1.807) is 19.9 Å². The number of nitrogens with two attached hydrogens (primary N) is 1. The van der Waals surface area contributed by atoms with Crippen LogP contribution in [0.25, 0.3) is 0 Å². The van der Waals surface area contributed by atoms with Crippen molar-refractivity contribution in [2.75, 3.05) is 0 Å². The van der Waals surface area contributed by atoms with Gasteiger partial charge in [-0.05, 0) is 20.3 Å². The lowest BCUT2D eigenvalue weighted by Crippen LogP contribution is -2.02. The Bertz CT molecular complexity index is 244. The first-order valence-electron chi connectivity index (χ1n) is 4.13. The molecule has 0 radical (unpaired) electrons. The first kappa shape index (κ1) is 14.9. The van der Waals surface area contributed by atoms with Gasteiger partial charge in [0.2, 0.25) is 0 Å². The summed E-state index contributed by atoms with van der Waals surface area (Å²) in [5, 5.41) is 8.24. The summed E-state index contributed by atoms with van der Waals surface area (Å²) >= 11 is 0. The number of carbonyl (C=O) groups excluding carboxylic acids is 1. The van der Waals surface area contributed by atoms with E-state index in [0.717, 1.165) is 6.42 Å². The third-order valence-corrected chi connectivity index (χ3v) is 1.10. The van der Waals surface area contributed by atoms with Gasteiger partial charge in [-0.25, -0.2) is 14.6 Å². The molecular formula is C9H16N2O3. The van der Waals surface area contributed by atoms with E-state index in [1.165, 1.54) is 6.21 Å². The molecule has 0 fully saturated rings. The number of nitrogens with zero attached hydrogens (tertiary/aromatic N) is 1.